The van der Waals surface area contributed by atoms with Crippen molar-refractivity contribution >= 4 is 32.4 Å². The van der Waals surface area contributed by atoms with E-state index in [2.05, 4.69) is 22.9 Å². The molecule has 1 radical (unpaired) electrons. The van der Waals surface area contributed by atoms with Crippen LogP contribution in [0.2, 0.25) is 0 Å². The topological polar surface area (TPSA) is 53.4 Å². The number of rotatable bonds is 11. The average molecular weight is 410 g/mol. The van der Waals surface area contributed by atoms with E-state index >= 15 is 0 Å². The molecule has 0 aliphatic heterocycles. The molecule has 0 fully saturated rings. The Kier molecular flexibility index (Phi) is 11.3. The van der Waals surface area contributed by atoms with E-state index in [4.69, 9.17) is 10.2 Å². The number of anilines is 1. The maximum absolute atomic E-state index is 11.5. The van der Waals surface area contributed by atoms with Crippen LogP contribution in [0.25, 0.3) is 0 Å². The number of unbranched alkanes of at least 4 members (excludes halogenated alkanes) is 7. The van der Waals surface area contributed by atoms with Crippen molar-refractivity contribution in [3.63, 3.8) is 0 Å². The number of carbonyl (C=O) groups is 1. The molecule has 1 aromatic carbocycles. The molecule has 0 spiro atoms. The van der Waals surface area contributed by atoms with Crippen LogP contribution < -0.4 is 5.06 Å². The standard InChI is InChI=1S/C20H31N2O2Se/c1-3-5-6-7-8-9-10-11-12-17-13-15-18(16-14-17)22(20(21)25)24-19(23)4-2/h13-16,21H,3-12H2,1-2H3. The van der Waals surface area contributed by atoms with Crippen molar-refractivity contribution in [3.8, 4) is 0 Å². The summed E-state index contributed by atoms with van der Waals surface area (Å²) in [5.74, 6) is -0.358. The molecule has 1 N–H and O–H groups in total. The van der Waals surface area contributed by atoms with E-state index in [1.54, 1.807) is 6.92 Å². The SMILES string of the molecule is CCCCCCCCCCc1ccc(N(OC(=O)CC)C(=N)[Se])cc1. The van der Waals surface area contributed by atoms with Gasteiger partial charge in [-0.05, 0) is 0 Å². The Morgan fingerprint density at radius 2 is 1.56 bits per heavy atom. The first-order valence-electron chi connectivity index (χ1n) is 9.43. The summed E-state index contributed by atoms with van der Waals surface area (Å²) in [4.78, 5) is 16.7. The van der Waals surface area contributed by atoms with Crippen molar-refractivity contribution in [2.75, 3.05) is 5.06 Å². The number of hydrogen-bond donors (Lipinski definition) is 1. The quantitative estimate of drug-likeness (QED) is 0.181. The van der Waals surface area contributed by atoms with Gasteiger partial charge in [0.05, 0.1) is 0 Å². The number of aryl methyl sites for hydroxylation is 1. The van der Waals surface area contributed by atoms with E-state index in [1.807, 2.05) is 24.3 Å². The van der Waals surface area contributed by atoms with Crippen LogP contribution in [0.15, 0.2) is 24.3 Å². The van der Waals surface area contributed by atoms with Gasteiger partial charge in [-0.3, -0.25) is 0 Å². The van der Waals surface area contributed by atoms with Crippen molar-refractivity contribution in [1.29, 1.82) is 5.41 Å². The fourth-order valence-electron chi connectivity index (χ4n) is 2.64. The third kappa shape index (κ3) is 9.08. The van der Waals surface area contributed by atoms with E-state index in [0.29, 0.717) is 5.69 Å². The average Bonchev–Trinajstić information content (AvgIpc) is 2.62. The van der Waals surface area contributed by atoms with E-state index < -0.39 is 0 Å². The van der Waals surface area contributed by atoms with Gasteiger partial charge in [0, 0.05) is 0 Å². The van der Waals surface area contributed by atoms with Gasteiger partial charge >= 0.3 is 134 Å². The second-order valence-corrected chi connectivity index (χ2v) is 7.12. The van der Waals surface area contributed by atoms with Crippen molar-refractivity contribution in [3.05, 3.63) is 29.8 Å². The molecule has 0 aliphatic carbocycles. The molecule has 0 heterocycles. The number of hydroxylamine groups is 1. The van der Waals surface area contributed by atoms with Gasteiger partial charge in [-0.1, -0.05) is 26.2 Å². The molecule has 0 amide bonds. The van der Waals surface area contributed by atoms with Crippen molar-refractivity contribution in [2.45, 2.75) is 78.1 Å². The first kappa shape index (κ1) is 21.7. The van der Waals surface area contributed by atoms with Crippen LogP contribution in [0.5, 0.6) is 0 Å². The van der Waals surface area contributed by atoms with Gasteiger partial charge in [-0.15, -0.1) is 0 Å². The Labute approximate surface area is 160 Å². The predicted molar refractivity (Wildman–Crippen MR) is 105 cm³/mol. The Bertz CT molecular complexity index is 517. The zero-order valence-corrected chi connectivity index (χ0v) is 17.3. The predicted octanol–water partition coefficient (Wildman–Crippen LogP) is 5.15. The molecule has 0 bridgehead atoms. The van der Waals surface area contributed by atoms with Crippen LogP contribution in [0.3, 0.4) is 0 Å². The third-order valence-corrected chi connectivity index (χ3v) is 4.50. The van der Waals surface area contributed by atoms with Crippen LogP contribution >= 0.6 is 0 Å². The van der Waals surface area contributed by atoms with E-state index in [1.165, 1.54) is 62.0 Å². The first-order valence-corrected chi connectivity index (χ1v) is 10.3. The molecule has 1 aromatic rings. The molecule has 0 aromatic heterocycles. The molecule has 0 saturated carbocycles. The summed E-state index contributed by atoms with van der Waals surface area (Å²) in [6.07, 6.45) is 11.9. The van der Waals surface area contributed by atoms with Crippen LogP contribution in [0.1, 0.15) is 77.2 Å². The monoisotopic (exact) mass is 411 g/mol. The van der Waals surface area contributed by atoms with Gasteiger partial charge < -0.3 is 0 Å². The molecule has 0 saturated heterocycles. The zero-order chi connectivity index (χ0) is 18.5. The Morgan fingerprint density at radius 1 is 1.00 bits per heavy atom. The summed E-state index contributed by atoms with van der Waals surface area (Å²) in [5, 5.41) is 8.95. The third-order valence-electron chi connectivity index (χ3n) is 4.16. The molecular weight excluding hydrogens is 379 g/mol. The van der Waals surface area contributed by atoms with Crippen molar-refractivity contribution in [2.24, 2.45) is 0 Å². The number of carbonyl (C=O) groups excluding carboxylic acids is 1. The summed E-state index contributed by atoms with van der Waals surface area (Å²) in [6, 6.07) is 7.89. The Hall–Kier alpha value is -1.32. The minimum absolute atomic E-state index is 0.0672. The van der Waals surface area contributed by atoms with E-state index in [9.17, 15) is 4.79 Å². The first-order chi connectivity index (χ1) is 12.1. The molecule has 25 heavy (non-hydrogen) atoms. The minimum atomic E-state index is -0.358. The van der Waals surface area contributed by atoms with Gasteiger partial charge in [-0.2, -0.15) is 0 Å². The summed E-state index contributed by atoms with van der Waals surface area (Å²) in [5.41, 5.74) is 1.97. The van der Waals surface area contributed by atoms with Crippen LogP contribution in [0.4, 0.5) is 5.69 Å². The molecule has 139 valence electrons. The molecule has 0 unspecified atom stereocenters. The van der Waals surface area contributed by atoms with Gasteiger partial charge in [0.15, 0.2) is 0 Å². The molecule has 1 rings (SSSR count). The maximum atomic E-state index is 11.5. The van der Waals surface area contributed by atoms with Gasteiger partial charge in [-0.25, -0.2) is 0 Å². The van der Waals surface area contributed by atoms with E-state index in [-0.39, 0.29) is 17.1 Å². The number of nitrogens with zero attached hydrogens (tertiary/aromatic N) is 1. The van der Waals surface area contributed by atoms with Gasteiger partial charge in [0.25, 0.3) is 0 Å². The fourth-order valence-corrected chi connectivity index (χ4v) is 2.94. The summed E-state index contributed by atoms with van der Waals surface area (Å²) in [7, 11) is 0. The summed E-state index contributed by atoms with van der Waals surface area (Å²) < 4.78 is 0.0672. The molecule has 4 nitrogen and oxygen atoms in total. The van der Waals surface area contributed by atoms with Crippen LogP contribution in [0, 0.1) is 5.41 Å². The van der Waals surface area contributed by atoms with E-state index in [0.717, 1.165) is 6.42 Å². The second kappa shape index (κ2) is 13.0. The number of hydrogen-bond acceptors (Lipinski definition) is 3. The van der Waals surface area contributed by atoms with Crippen molar-refractivity contribution < 1.29 is 9.63 Å². The normalized spacial score (nSPS) is 10.5. The molecule has 5 heteroatoms. The molecule has 0 atom stereocenters. The van der Waals surface area contributed by atoms with Crippen LogP contribution in [-0.4, -0.2) is 26.7 Å². The van der Waals surface area contributed by atoms with Crippen molar-refractivity contribution in [1.82, 2.24) is 0 Å². The Morgan fingerprint density at radius 3 is 2.08 bits per heavy atom. The number of benzene rings is 1. The summed E-state index contributed by atoms with van der Waals surface area (Å²) >= 11 is 2.58. The van der Waals surface area contributed by atoms with Gasteiger partial charge in [0.1, 0.15) is 0 Å². The number of nitrogens with one attached hydrogen (secondary N) is 1. The molecular formula is C20H31N2O2Se. The Balaban J connectivity index is 2.37. The fraction of sp³-hybridized carbons (Fsp3) is 0.600. The van der Waals surface area contributed by atoms with Crippen LogP contribution in [-0.2, 0) is 16.1 Å². The summed E-state index contributed by atoms with van der Waals surface area (Å²) in [6.45, 7) is 3.98. The number of amidine groups is 1. The second-order valence-electron chi connectivity index (χ2n) is 6.31. The molecule has 0 aliphatic rings. The zero-order valence-electron chi connectivity index (χ0n) is 15.6. The van der Waals surface area contributed by atoms with Gasteiger partial charge in [0.2, 0.25) is 0 Å².